The lowest BCUT2D eigenvalue weighted by Crippen LogP contribution is -2.50. The number of rotatable bonds is 7. The van der Waals surface area contributed by atoms with Crippen LogP contribution in [0.15, 0.2) is 42.5 Å². The average Bonchev–Trinajstić information content (AvgIpc) is 3.07. The smallest absolute Gasteiger partial charge is 0.323 e. The predicted molar refractivity (Wildman–Crippen MR) is 184 cm³/mol. The van der Waals surface area contributed by atoms with Gasteiger partial charge in [0, 0.05) is 50.1 Å². The topological polar surface area (TPSA) is 132 Å². The van der Waals surface area contributed by atoms with E-state index in [2.05, 4.69) is 16.0 Å². The fraction of sp³-hybridized carbons (Fsp3) is 0.583. The summed E-state index contributed by atoms with van der Waals surface area (Å²) in [5, 5.41) is 18.8. The van der Waals surface area contributed by atoms with Gasteiger partial charge in [-0.1, -0.05) is 26.2 Å². The van der Waals surface area contributed by atoms with Crippen LogP contribution in [-0.4, -0.2) is 90.5 Å². The molecule has 264 valence electrons. The van der Waals surface area contributed by atoms with E-state index < -0.39 is 17.9 Å². The normalized spacial score (nSPS) is 22.0. The van der Waals surface area contributed by atoms with E-state index in [0.717, 1.165) is 44.9 Å². The van der Waals surface area contributed by atoms with E-state index >= 15 is 0 Å². The number of nitrogens with zero attached hydrogens (tertiary/aromatic N) is 2. The Balaban J connectivity index is 1.55. The molecular formula is C36H52FN5O6. The van der Waals surface area contributed by atoms with E-state index in [-0.39, 0.29) is 54.8 Å². The van der Waals surface area contributed by atoms with Crippen LogP contribution in [0.1, 0.15) is 82.5 Å². The lowest BCUT2D eigenvalue weighted by molar-refractivity contribution is -0.0123. The number of aliphatic hydroxyl groups is 1. The highest BCUT2D eigenvalue weighted by Gasteiger charge is 2.31. The Bertz CT molecular complexity index is 1350. The number of aliphatic hydroxyl groups excluding tert-OH is 1. The van der Waals surface area contributed by atoms with Crippen LogP contribution in [-0.2, 0) is 4.74 Å². The van der Waals surface area contributed by atoms with Crippen molar-refractivity contribution in [3.8, 4) is 5.75 Å². The summed E-state index contributed by atoms with van der Waals surface area (Å²) in [5.74, 6) is -0.598. The lowest BCUT2D eigenvalue weighted by Gasteiger charge is -2.36. The number of carbonyl (C=O) groups is 3. The molecule has 2 aliphatic rings. The van der Waals surface area contributed by atoms with Crippen LogP contribution in [0.5, 0.6) is 5.75 Å². The Labute approximate surface area is 283 Å². The van der Waals surface area contributed by atoms with Crippen LogP contribution in [0.2, 0.25) is 0 Å². The summed E-state index contributed by atoms with van der Waals surface area (Å²) < 4.78 is 26.0. The molecule has 2 aromatic carbocycles. The molecule has 0 spiro atoms. The number of halogens is 1. The highest BCUT2D eigenvalue weighted by atomic mass is 19.1. The summed E-state index contributed by atoms with van der Waals surface area (Å²) in [6.45, 7) is 6.55. The van der Waals surface area contributed by atoms with Crippen molar-refractivity contribution in [2.45, 2.75) is 96.4 Å². The molecule has 1 fully saturated rings. The maximum Gasteiger partial charge on any atom is 0.323 e. The highest BCUT2D eigenvalue weighted by molar-refractivity contribution is 6.02. The lowest BCUT2D eigenvalue weighted by atomic mass is 9.96. The van der Waals surface area contributed by atoms with E-state index in [1.54, 1.807) is 42.0 Å². The van der Waals surface area contributed by atoms with Gasteiger partial charge in [0.05, 0.1) is 30.4 Å². The molecule has 0 radical (unpaired) electrons. The number of fused-ring (bicyclic) bond motifs is 1. The minimum atomic E-state index is -0.560. The van der Waals surface area contributed by atoms with Gasteiger partial charge in [-0.3, -0.25) is 4.79 Å². The molecule has 1 aliphatic heterocycles. The number of likely N-dealkylation sites (N-methyl/N-ethyl adjacent to an activating group) is 1. The number of urea groups is 2. The first kappa shape index (κ1) is 36.9. The SMILES string of the molecule is C[C@@H]1CCCCO[C@@H](CN(C)C(=O)NC2CCCCC2)[C@@H](C)CN([C@H](C)CO)C(=O)c2cc(NC(=O)Nc3ccc(F)cc3)ccc2O1. The molecule has 11 nitrogen and oxygen atoms in total. The molecule has 12 heteroatoms. The number of carbonyl (C=O) groups excluding carboxylic acids is 3. The zero-order chi connectivity index (χ0) is 34.6. The second-order valence-electron chi connectivity index (χ2n) is 13.3. The third kappa shape index (κ3) is 10.8. The first-order valence-electron chi connectivity index (χ1n) is 17.2. The molecule has 4 rings (SSSR count). The fourth-order valence-electron chi connectivity index (χ4n) is 6.17. The number of hydrogen-bond acceptors (Lipinski definition) is 6. The number of amides is 5. The summed E-state index contributed by atoms with van der Waals surface area (Å²) in [6, 6.07) is 9.25. The van der Waals surface area contributed by atoms with Gasteiger partial charge >= 0.3 is 12.1 Å². The van der Waals surface area contributed by atoms with Crippen LogP contribution in [0.4, 0.5) is 25.4 Å². The second kappa shape index (κ2) is 18.0. The predicted octanol–water partition coefficient (Wildman–Crippen LogP) is 6.24. The van der Waals surface area contributed by atoms with E-state index in [0.29, 0.717) is 30.3 Å². The molecular weight excluding hydrogens is 617 g/mol. The Morgan fingerprint density at radius 3 is 2.38 bits per heavy atom. The van der Waals surface area contributed by atoms with E-state index in [1.807, 2.05) is 13.8 Å². The van der Waals surface area contributed by atoms with E-state index in [9.17, 15) is 23.9 Å². The van der Waals surface area contributed by atoms with Crippen molar-refractivity contribution in [1.82, 2.24) is 15.1 Å². The maximum atomic E-state index is 14.3. The Kier molecular flexibility index (Phi) is 13.9. The van der Waals surface area contributed by atoms with Gasteiger partial charge in [-0.15, -0.1) is 0 Å². The van der Waals surface area contributed by atoms with Gasteiger partial charge in [-0.25, -0.2) is 14.0 Å². The Morgan fingerprint density at radius 2 is 1.67 bits per heavy atom. The molecule has 1 heterocycles. The quantitative estimate of drug-likeness (QED) is 0.276. The number of hydrogen-bond donors (Lipinski definition) is 4. The summed E-state index contributed by atoms with van der Waals surface area (Å²) in [4.78, 5) is 43.5. The summed E-state index contributed by atoms with van der Waals surface area (Å²) in [5.41, 5.74) is 1.01. The minimum Gasteiger partial charge on any atom is -0.490 e. The largest absolute Gasteiger partial charge is 0.490 e. The van der Waals surface area contributed by atoms with Gasteiger partial charge in [0.1, 0.15) is 11.6 Å². The van der Waals surface area contributed by atoms with Crippen LogP contribution >= 0.6 is 0 Å². The van der Waals surface area contributed by atoms with Gasteiger partial charge < -0.3 is 40.3 Å². The Morgan fingerprint density at radius 1 is 1.00 bits per heavy atom. The second-order valence-corrected chi connectivity index (χ2v) is 13.3. The Hall–Kier alpha value is -3.90. The van der Waals surface area contributed by atoms with Crippen LogP contribution in [0.3, 0.4) is 0 Å². The molecule has 1 saturated carbocycles. The number of ether oxygens (including phenoxy) is 2. The van der Waals surface area contributed by atoms with Gasteiger partial charge in [-0.05, 0) is 88.4 Å². The van der Waals surface area contributed by atoms with Gasteiger partial charge in [0.25, 0.3) is 5.91 Å². The molecule has 0 unspecified atom stereocenters. The number of benzene rings is 2. The van der Waals surface area contributed by atoms with Crippen molar-refractivity contribution < 1.29 is 33.4 Å². The summed E-state index contributed by atoms with van der Waals surface area (Å²) >= 11 is 0. The monoisotopic (exact) mass is 669 g/mol. The molecule has 0 bridgehead atoms. The van der Waals surface area contributed by atoms with E-state index in [4.69, 9.17) is 9.47 Å². The first-order valence-corrected chi connectivity index (χ1v) is 17.2. The summed E-state index contributed by atoms with van der Waals surface area (Å²) in [6.07, 6.45) is 7.27. The third-order valence-corrected chi connectivity index (χ3v) is 9.14. The molecule has 4 atom stereocenters. The van der Waals surface area contributed by atoms with Gasteiger partial charge in [0.2, 0.25) is 0 Å². The molecule has 5 amide bonds. The molecule has 1 aliphatic carbocycles. The van der Waals surface area contributed by atoms with Crippen LogP contribution in [0, 0.1) is 11.7 Å². The first-order chi connectivity index (χ1) is 23.0. The van der Waals surface area contributed by atoms with E-state index in [1.165, 1.54) is 30.7 Å². The maximum absolute atomic E-state index is 14.3. The number of nitrogens with one attached hydrogen (secondary N) is 3. The van der Waals surface area contributed by atoms with Crippen molar-refractivity contribution in [2.75, 3.05) is 44.0 Å². The van der Waals surface area contributed by atoms with Gasteiger partial charge in [-0.2, -0.15) is 0 Å². The molecule has 48 heavy (non-hydrogen) atoms. The standard InChI is InChI=1S/C36H52FN5O6/c1-24-21-42(25(2)23-43)34(44)31-20-30(39-35(45)38-29-15-13-27(37)14-16-29)17-18-32(31)48-26(3)10-8-9-19-47-33(24)22-41(4)36(46)40-28-11-6-5-7-12-28/h13-18,20,24-26,28,33,43H,5-12,19,21-23H2,1-4H3,(H,40,46)(H2,38,39,45)/t24-,25+,26+,33-/m0/s1. The van der Waals surface area contributed by atoms with Crippen LogP contribution < -0.4 is 20.7 Å². The number of anilines is 2. The zero-order valence-corrected chi connectivity index (χ0v) is 28.7. The van der Waals surface area contributed by atoms with Gasteiger partial charge in [0.15, 0.2) is 0 Å². The molecule has 0 saturated heterocycles. The summed E-state index contributed by atoms with van der Waals surface area (Å²) in [7, 11) is 1.77. The zero-order valence-electron chi connectivity index (χ0n) is 28.7. The van der Waals surface area contributed by atoms with Crippen molar-refractivity contribution in [3.63, 3.8) is 0 Å². The molecule has 0 aromatic heterocycles. The van der Waals surface area contributed by atoms with Crippen LogP contribution in [0.25, 0.3) is 0 Å². The fourth-order valence-corrected chi connectivity index (χ4v) is 6.17. The van der Waals surface area contributed by atoms with Crippen molar-refractivity contribution in [1.29, 1.82) is 0 Å². The van der Waals surface area contributed by atoms with Crippen molar-refractivity contribution in [2.24, 2.45) is 5.92 Å². The van der Waals surface area contributed by atoms with Crippen molar-refractivity contribution in [3.05, 3.63) is 53.8 Å². The highest BCUT2D eigenvalue weighted by Crippen LogP contribution is 2.29. The molecule has 2 aromatic rings. The molecule has 4 N–H and O–H groups in total. The average molecular weight is 670 g/mol. The van der Waals surface area contributed by atoms with Crippen molar-refractivity contribution >= 4 is 29.3 Å². The minimum absolute atomic E-state index is 0.128. The third-order valence-electron chi connectivity index (χ3n) is 9.14.